The lowest BCUT2D eigenvalue weighted by Gasteiger charge is -2.42. The zero-order valence-corrected chi connectivity index (χ0v) is 18.3. The van der Waals surface area contributed by atoms with Crippen molar-refractivity contribution in [2.24, 2.45) is 5.92 Å². The van der Waals surface area contributed by atoms with Gasteiger partial charge in [0.25, 0.3) is 0 Å². The normalized spacial score (nSPS) is 30.2. The predicted molar refractivity (Wildman–Crippen MR) is 107 cm³/mol. The SMILES string of the molecule is CC(C)=C1CC[C@H]([C@H]2CC/C(=C\CO)CO2)[C@H]1O[Si](C)(C)C(C)(C)C. The quantitative estimate of drug-likeness (QED) is 0.547. The average Bonchev–Trinajstić information content (AvgIpc) is 2.90. The predicted octanol–water partition coefficient (Wildman–Crippen LogP) is 5.22. The molecule has 25 heavy (non-hydrogen) atoms. The highest BCUT2D eigenvalue weighted by molar-refractivity contribution is 6.74. The van der Waals surface area contributed by atoms with Crippen LogP contribution in [0, 0.1) is 5.92 Å². The fourth-order valence-corrected chi connectivity index (χ4v) is 5.07. The second kappa shape index (κ2) is 8.08. The largest absolute Gasteiger partial charge is 0.410 e. The van der Waals surface area contributed by atoms with Gasteiger partial charge in [-0.3, -0.25) is 0 Å². The molecular formula is C21H38O3Si. The summed E-state index contributed by atoms with van der Waals surface area (Å²) in [6.45, 7) is 16.9. The van der Waals surface area contributed by atoms with E-state index < -0.39 is 8.32 Å². The molecule has 0 unspecified atom stereocenters. The number of hydrogen-bond acceptors (Lipinski definition) is 3. The molecule has 1 heterocycles. The van der Waals surface area contributed by atoms with E-state index in [9.17, 15) is 0 Å². The minimum Gasteiger partial charge on any atom is -0.410 e. The summed E-state index contributed by atoms with van der Waals surface area (Å²) >= 11 is 0. The molecule has 2 fully saturated rings. The minimum absolute atomic E-state index is 0.117. The van der Waals surface area contributed by atoms with Crippen molar-refractivity contribution in [2.45, 2.75) is 90.6 Å². The van der Waals surface area contributed by atoms with Crippen LogP contribution < -0.4 is 0 Å². The Labute approximate surface area is 155 Å². The van der Waals surface area contributed by atoms with E-state index in [0.29, 0.717) is 12.5 Å². The molecule has 0 aromatic carbocycles. The van der Waals surface area contributed by atoms with E-state index in [-0.39, 0.29) is 23.9 Å². The van der Waals surface area contributed by atoms with Crippen LogP contribution in [0.25, 0.3) is 0 Å². The molecule has 1 aliphatic heterocycles. The molecule has 0 bridgehead atoms. The van der Waals surface area contributed by atoms with Gasteiger partial charge in [0.1, 0.15) is 0 Å². The maximum Gasteiger partial charge on any atom is 0.192 e. The van der Waals surface area contributed by atoms with Gasteiger partial charge in [0.2, 0.25) is 0 Å². The van der Waals surface area contributed by atoms with Gasteiger partial charge in [-0.1, -0.05) is 32.4 Å². The summed E-state index contributed by atoms with van der Waals surface area (Å²) in [6, 6.07) is 0. The zero-order chi connectivity index (χ0) is 18.8. The van der Waals surface area contributed by atoms with Crippen LogP contribution >= 0.6 is 0 Å². The molecule has 0 aromatic heterocycles. The van der Waals surface area contributed by atoms with Gasteiger partial charge in [0, 0.05) is 5.92 Å². The van der Waals surface area contributed by atoms with E-state index in [0.717, 1.165) is 19.3 Å². The molecule has 2 aliphatic rings. The molecular weight excluding hydrogens is 328 g/mol. The first-order chi connectivity index (χ1) is 11.6. The van der Waals surface area contributed by atoms with E-state index in [1.54, 1.807) is 0 Å². The Balaban J connectivity index is 2.17. The number of aliphatic hydroxyl groups is 1. The van der Waals surface area contributed by atoms with E-state index in [2.05, 4.69) is 47.7 Å². The summed E-state index contributed by atoms with van der Waals surface area (Å²) < 4.78 is 13.1. The topological polar surface area (TPSA) is 38.7 Å². The third kappa shape index (κ3) is 4.85. The molecule has 1 aliphatic carbocycles. The maximum atomic E-state index is 9.08. The smallest absolute Gasteiger partial charge is 0.192 e. The Morgan fingerprint density at radius 1 is 1.24 bits per heavy atom. The van der Waals surface area contributed by atoms with Crippen LogP contribution in [0.3, 0.4) is 0 Å². The molecule has 1 saturated heterocycles. The molecule has 0 aromatic rings. The summed E-state index contributed by atoms with van der Waals surface area (Å²) in [5.41, 5.74) is 4.17. The Kier molecular flexibility index (Phi) is 6.75. The minimum atomic E-state index is -1.82. The van der Waals surface area contributed by atoms with Crippen molar-refractivity contribution in [3.8, 4) is 0 Å². The highest BCUT2D eigenvalue weighted by Crippen LogP contribution is 2.45. The molecule has 0 radical (unpaired) electrons. The molecule has 0 amide bonds. The first-order valence-electron chi connectivity index (χ1n) is 9.81. The summed E-state index contributed by atoms with van der Waals surface area (Å²) in [4.78, 5) is 0. The molecule has 2 rings (SSSR count). The lowest BCUT2D eigenvalue weighted by atomic mass is 9.90. The number of allylic oxidation sites excluding steroid dienone is 1. The Morgan fingerprint density at radius 2 is 1.92 bits per heavy atom. The molecule has 1 N–H and O–H groups in total. The van der Waals surface area contributed by atoms with Crippen LogP contribution in [0.15, 0.2) is 22.8 Å². The lowest BCUT2D eigenvalue weighted by Crippen LogP contribution is -2.47. The lowest BCUT2D eigenvalue weighted by molar-refractivity contribution is -0.0253. The summed E-state index contributed by atoms with van der Waals surface area (Å²) in [6.07, 6.45) is 6.80. The van der Waals surface area contributed by atoms with E-state index >= 15 is 0 Å². The fourth-order valence-electron chi connectivity index (χ4n) is 3.77. The number of rotatable bonds is 4. The van der Waals surface area contributed by atoms with Crippen molar-refractivity contribution in [1.82, 2.24) is 0 Å². The first kappa shape index (κ1) is 20.9. The van der Waals surface area contributed by atoms with Gasteiger partial charge in [0.05, 0.1) is 25.4 Å². The van der Waals surface area contributed by atoms with Gasteiger partial charge in [-0.2, -0.15) is 0 Å². The summed E-state index contributed by atoms with van der Waals surface area (Å²) in [5.74, 6) is 0.467. The van der Waals surface area contributed by atoms with Crippen LogP contribution in [0.4, 0.5) is 0 Å². The van der Waals surface area contributed by atoms with Crippen LogP contribution in [-0.4, -0.2) is 38.8 Å². The van der Waals surface area contributed by atoms with Crippen molar-refractivity contribution in [3.63, 3.8) is 0 Å². The van der Waals surface area contributed by atoms with Crippen molar-refractivity contribution in [2.75, 3.05) is 13.2 Å². The van der Waals surface area contributed by atoms with E-state index in [1.807, 2.05) is 6.08 Å². The molecule has 0 spiro atoms. The Bertz CT molecular complexity index is 514. The standard InChI is InChI=1S/C21H38O3Si/c1-15(2)17-9-10-18(19-11-8-16(12-13-22)14-23-19)20(17)24-25(6,7)21(3,4)5/h12,18-20,22H,8-11,13-14H2,1-7H3/b16-12+/t18-,19-,20+/m1/s1. The summed E-state index contributed by atoms with van der Waals surface area (Å²) in [7, 11) is -1.82. The van der Waals surface area contributed by atoms with Gasteiger partial charge in [-0.15, -0.1) is 0 Å². The van der Waals surface area contributed by atoms with E-state index in [4.69, 9.17) is 14.3 Å². The van der Waals surface area contributed by atoms with Crippen molar-refractivity contribution >= 4 is 8.32 Å². The highest BCUT2D eigenvalue weighted by atomic mass is 28.4. The molecule has 1 saturated carbocycles. The number of ether oxygens (including phenoxy) is 1. The van der Waals surface area contributed by atoms with E-state index in [1.165, 1.54) is 23.1 Å². The summed E-state index contributed by atoms with van der Waals surface area (Å²) in [5, 5.41) is 9.30. The van der Waals surface area contributed by atoms with Crippen LogP contribution in [-0.2, 0) is 9.16 Å². The average molecular weight is 367 g/mol. The monoisotopic (exact) mass is 366 g/mol. The molecule has 3 atom stereocenters. The van der Waals surface area contributed by atoms with Gasteiger partial charge in [-0.25, -0.2) is 0 Å². The third-order valence-corrected chi connectivity index (χ3v) is 10.9. The molecule has 144 valence electrons. The number of hydrogen-bond donors (Lipinski definition) is 1. The zero-order valence-electron chi connectivity index (χ0n) is 17.3. The van der Waals surface area contributed by atoms with Gasteiger partial charge < -0.3 is 14.3 Å². The third-order valence-electron chi connectivity index (χ3n) is 6.44. The van der Waals surface area contributed by atoms with Crippen molar-refractivity contribution < 1.29 is 14.3 Å². The Morgan fingerprint density at radius 3 is 2.40 bits per heavy atom. The second-order valence-electron chi connectivity index (χ2n) is 9.46. The fraction of sp³-hybridized carbons (Fsp3) is 0.810. The molecule has 3 nitrogen and oxygen atoms in total. The van der Waals surface area contributed by atoms with Crippen LogP contribution in [0.1, 0.15) is 60.3 Å². The number of aliphatic hydroxyl groups excluding tert-OH is 1. The first-order valence-corrected chi connectivity index (χ1v) is 12.7. The van der Waals surface area contributed by atoms with Crippen molar-refractivity contribution in [1.29, 1.82) is 0 Å². The Hall–Kier alpha value is -0.423. The van der Waals surface area contributed by atoms with Gasteiger partial charge in [-0.05, 0) is 68.8 Å². The maximum absolute atomic E-state index is 9.08. The van der Waals surface area contributed by atoms with Gasteiger partial charge in [0.15, 0.2) is 8.32 Å². The molecule has 4 heteroatoms. The van der Waals surface area contributed by atoms with Gasteiger partial charge >= 0.3 is 0 Å². The van der Waals surface area contributed by atoms with Crippen LogP contribution in [0.2, 0.25) is 18.1 Å². The highest BCUT2D eigenvalue weighted by Gasteiger charge is 2.46. The van der Waals surface area contributed by atoms with Crippen LogP contribution in [0.5, 0.6) is 0 Å². The second-order valence-corrected chi connectivity index (χ2v) is 14.2. The van der Waals surface area contributed by atoms with Crippen molar-refractivity contribution in [3.05, 3.63) is 22.8 Å².